The minimum absolute atomic E-state index is 0.289. The minimum Gasteiger partial charge on any atom is -0.339 e. The predicted molar refractivity (Wildman–Crippen MR) is 70.0 cm³/mol. The van der Waals surface area contributed by atoms with E-state index in [0.717, 1.165) is 24.8 Å². The zero-order valence-corrected chi connectivity index (χ0v) is 11.6. The lowest BCUT2D eigenvalue weighted by Crippen LogP contribution is -2.48. The van der Waals surface area contributed by atoms with Crippen molar-refractivity contribution >= 4 is 0 Å². The van der Waals surface area contributed by atoms with Crippen LogP contribution in [0.2, 0.25) is 0 Å². The Balaban J connectivity index is 2.02. The molecule has 102 valence electrons. The first-order valence-electron chi connectivity index (χ1n) is 6.88. The summed E-state index contributed by atoms with van der Waals surface area (Å²) in [6.45, 7) is 8.93. The maximum Gasteiger partial charge on any atom is 0.229 e. The molecule has 0 spiro atoms. The van der Waals surface area contributed by atoms with E-state index in [0.29, 0.717) is 18.5 Å². The number of hydrogen-bond donors (Lipinski definition) is 1. The fourth-order valence-electron chi connectivity index (χ4n) is 2.66. The van der Waals surface area contributed by atoms with Crippen molar-refractivity contribution in [3.63, 3.8) is 0 Å². The summed E-state index contributed by atoms with van der Waals surface area (Å²) in [5, 5.41) is 4.06. The number of piperidine rings is 1. The lowest BCUT2D eigenvalue weighted by atomic mass is 9.91. The summed E-state index contributed by atoms with van der Waals surface area (Å²) in [6, 6.07) is 0.444. The van der Waals surface area contributed by atoms with Gasteiger partial charge in [-0.3, -0.25) is 4.90 Å². The lowest BCUT2D eigenvalue weighted by Gasteiger charge is -2.38. The molecule has 1 aliphatic heterocycles. The van der Waals surface area contributed by atoms with Crippen LogP contribution >= 0.6 is 0 Å². The van der Waals surface area contributed by atoms with Crippen molar-refractivity contribution in [3.05, 3.63) is 11.7 Å². The Morgan fingerprint density at radius 1 is 1.50 bits per heavy atom. The van der Waals surface area contributed by atoms with Gasteiger partial charge in [-0.05, 0) is 25.3 Å². The van der Waals surface area contributed by atoms with Crippen LogP contribution in [0.15, 0.2) is 4.52 Å². The fourth-order valence-corrected chi connectivity index (χ4v) is 2.66. The van der Waals surface area contributed by atoms with Crippen LogP contribution in [0.5, 0.6) is 0 Å². The molecule has 1 aromatic rings. The highest BCUT2D eigenvalue weighted by atomic mass is 16.5. The summed E-state index contributed by atoms with van der Waals surface area (Å²) < 4.78 is 5.24. The summed E-state index contributed by atoms with van der Waals surface area (Å²) in [4.78, 5) is 6.83. The Bertz CT molecular complexity index is 377. The van der Waals surface area contributed by atoms with E-state index >= 15 is 0 Å². The zero-order chi connectivity index (χ0) is 13.1. The molecule has 0 bridgehead atoms. The average Bonchev–Trinajstić information content (AvgIpc) is 2.78. The van der Waals surface area contributed by atoms with Crippen LogP contribution in [0.3, 0.4) is 0 Å². The number of nitrogens with two attached hydrogens (primary N) is 1. The van der Waals surface area contributed by atoms with Crippen molar-refractivity contribution in [2.45, 2.75) is 52.1 Å². The topological polar surface area (TPSA) is 68.2 Å². The molecule has 1 aliphatic rings. The number of likely N-dealkylation sites (tertiary alicyclic amines) is 1. The number of aromatic nitrogens is 2. The third-order valence-electron chi connectivity index (χ3n) is 3.79. The third kappa shape index (κ3) is 2.90. The molecule has 0 aliphatic carbocycles. The molecule has 5 heteroatoms. The fraction of sp³-hybridized carbons (Fsp3) is 0.846. The summed E-state index contributed by atoms with van der Waals surface area (Å²) >= 11 is 0. The molecule has 5 nitrogen and oxygen atoms in total. The molecule has 2 atom stereocenters. The third-order valence-corrected chi connectivity index (χ3v) is 3.79. The zero-order valence-electron chi connectivity index (χ0n) is 11.6. The molecule has 1 fully saturated rings. The van der Waals surface area contributed by atoms with Gasteiger partial charge in [0.2, 0.25) is 5.89 Å². The Morgan fingerprint density at radius 3 is 2.89 bits per heavy atom. The first kappa shape index (κ1) is 13.5. The monoisotopic (exact) mass is 252 g/mol. The van der Waals surface area contributed by atoms with Crippen LogP contribution < -0.4 is 5.73 Å². The van der Waals surface area contributed by atoms with Gasteiger partial charge in [0, 0.05) is 18.5 Å². The largest absolute Gasteiger partial charge is 0.339 e. The molecule has 0 amide bonds. The van der Waals surface area contributed by atoms with Gasteiger partial charge in [-0.25, -0.2) is 0 Å². The Labute approximate surface area is 109 Å². The van der Waals surface area contributed by atoms with E-state index in [1.807, 2.05) is 0 Å². The van der Waals surface area contributed by atoms with E-state index < -0.39 is 0 Å². The van der Waals surface area contributed by atoms with Gasteiger partial charge in [-0.15, -0.1) is 0 Å². The molecule has 0 radical (unpaired) electrons. The number of rotatable bonds is 4. The summed E-state index contributed by atoms with van der Waals surface area (Å²) in [5.41, 5.74) is 5.89. The molecule has 18 heavy (non-hydrogen) atoms. The molecule has 0 saturated carbocycles. The second-order valence-corrected chi connectivity index (χ2v) is 5.60. The van der Waals surface area contributed by atoms with Gasteiger partial charge in [-0.1, -0.05) is 25.9 Å². The molecule has 0 aromatic carbocycles. The van der Waals surface area contributed by atoms with Gasteiger partial charge in [0.05, 0.1) is 6.54 Å². The molecule has 2 heterocycles. The van der Waals surface area contributed by atoms with Crippen molar-refractivity contribution < 1.29 is 4.52 Å². The quantitative estimate of drug-likeness (QED) is 0.884. The van der Waals surface area contributed by atoms with Crippen molar-refractivity contribution in [3.8, 4) is 0 Å². The SMILES string of the molecule is CC(C)c1nc(CN2CCCC(C)C2CN)no1. The Kier molecular flexibility index (Phi) is 4.35. The van der Waals surface area contributed by atoms with E-state index in [9.17, 15) is 0 Å². The van der Waals surface area contributed by atoms with Crippen molar-refractivity contribution in [1.29, 1.82) is 0 Å². The first-order chi connectivity index (χ1) is 8.61. The Morgan fingerprint density at radius 2 is 2.28 bits per heavy atom. The molecule has 1 saturated heterocycles. The van der Waals surface area contributed by atoms with Gasteiger partial charge < -0.3 is 10.3 Å². The van der Waals surface area contributed by atoms with Crippen LogP contribution in [0, 0.1) is 5.92 Å². The molecular weight excluding hydrogens is 228 g/mol. The second kappa shape index (κ2) is 5.80. The van der Waals surface area contributed by atoms with E-state index in [2.05, 4.69) is 35.8 Å². The molecule has 1 aromatic heterocycles. The summed E-state index contributed by atoms with van der Waals surface area (Å²) in [7, 11) is 0. The van der Waals surface area contributed by atoms with Crippen LogP contribution in [0.25, 0.3) is 0 Å². The van der Waals surface area contributed by atoms with Crippen LogP contribution in [-0.2, 0) is 6.54 Å². The van der Waals surface area contributed by atoms with Crippen LogP contribution in [0.1, 0.15) is 51.2 Å². The average molecular weight is 252 g/mol. The summed E-state index contributed by atoms with van der Waals surface area (Å²) in [5.74, 6) is 2.45. The molecular formula is C13H24N4O. The van der Waals surface area contributed by atoms with E-state index in [-0.39, 0.29) is 5.92 Å². The van der Waals surface area contributed by atoms with Gasteiger partial charge in [0.1, 0.15) is 0 Å². The minimum atomic E-state index is 0.289. The maximum atomic E-state index is 5.89. The van der Waals surface area contributed by atoms with E-state index in [1.165, 1.54) is 12.8 Å². The van der Waals surface area contributed by atoms with E-state index in [1.54, 1.807) is 0 Å². The van der Waals surface area contributed by atoms with Crippen molar-refractivity contribution in [2.24, 2.45) is 11.7 Å². The predicted octanol–water partition coefficient (Wildman–Crippen LogP) is 1.75. The maximum absolute atomic E-state index is 5.89. The molecule has 2 rings (SSSR count). The van der Waals surface area contributed by atoms with Crippen LogP contribution in [0.4, 0.5) is 0 Å². The highest BCUT2D eigenvalue weighted by Gasteiger charge is 2.28. The van der Waals surface area contributed by atoms with Gasteiger partial charge >= 0.3 is 0 Å². The number of hydrogen-bond acceptors (Lipinski definition) is 5. The molecule has 2 N–H and O–H groups in total. The highest BCUT2D eigenvalue weighted by molar-refractivity contribution is 4.93. The standard InChI is InChI=1S/C13H24N4O/c1-9(2)13-15-12(16-18-13)8-17-6-4-5-10(3)11(17)7-14/h9-11H,4-8,14H2,1-3H3. The van der Waals surface area contributed by atoms with Gasteiger partial charge in [0.25, 0.3) is 0 Å². The van der Waals surface area contributed by atoms with Gasteiger partial charge in [0.15, 0.2) is 5.82 Å². The summed E-state index contributed by atoms with van der Waals surface area (Å²) in [6.07, 6.45) is 2.49. The van der Waals surface area contributed by atoms with Crippen molar-refractivity contribution in [1.82, 2.24) is 15.0 Å². The van der Waals surface area contributed by atoms with Crippen molar-refractivity contribution in [2.75, 3.05) is 13.1 Å². The van der Waals surface area contributed by atoms with Gasteiger partial charge in [-0.2, -0.15) is 4.98 Å². The second-order valence-electron chi connectivity index (χ2n) is 5.60. The normalized spacial score (nSPS) is 25.8. The highest BCUT2D eigenvalue weighted by Crippen LogP contribution is 2.24. The lowest BCUT2D eigenvalue weighted by molar-refractivity contribution is 0.0954. The smallest absolute Gasteiger partial charge is 0.229 e. The van der Waals surface area contributed by atoms with Crippen LogP contribution in [-0.4, -0.2) is 34.2 Å². The van der Waals surface area contributed by atoms with E-state index in [4.69, 9.17) is 10.3 Å². The number of nitrogens with zero attached hydrogens (tertiary/aromatic N) is 3. The first-order valence-corrected chi connectivity index (χ1v) is 6.88. The molecule has 2 unspecified atom stereocenters. The Hall–Kier alpha value is -0.940.